The Balaban J connectivity index is 2.93. The first-order chi connectivity index (χ1) is 9.43. The summed E-state index contributed by atoms with van der Waals surface area (Å²) in [7, 11) is 0. The van der Waals surface area contributed by atoms with Crippen LogP contribution in [0, 0.1) is 0 Å². The van der Waals surface area contributed by atoms with Gasteiger partial charge in [-0.15, -0.1) is 0 Å². The summed E-state index contributed by atoms with van der Waals surface area (Å²) >= 11 is 3.48. The molecule has 20 heavy (non-hydrogen) atoms. The first kappa shape index (κ1) is 16.5. The van der Waals surface area contributed by atoms with E-state index in [1.54, 1.807) is 4.90 Å². The van der Waals surface area contributed by atoms with Crippen molar-refractivity contribution in [1.82, 2.24) is 5.32 Å². The van der Waals surface area contributed by atoms with E-state index in [1.807, 2.05) is 25.1 Å². The van der Waals surface area contributed by atoms with Gasteiger partial charge in [-0.1, -0.05) is 28.9 Å². The van der Waals surface area contributed by atoms with Gasteiger partial charge in [0.25, 0.3) is 0 Å². The van der Waals surface area contributed by atoms with E-state index in [-0.39, 0.29) is 13.1 Å². The number of nitrogens with one attached hydrogen (secondary N) is 1. The Morgan fingerprint density at radius 2 is 1.85 bits per heavy atom. The number of rotatable bonds is 8. The minimum Gasteiger partial charge on any atom is -0.368 e. The summed E-state index contributed by atoms with van der Waals surface area (Å²) < 4.78 is 0.898. The van der Waals surface area contributed by atoms with Gasteiger partial charge < -0.3 is 21.7 Å². The molecule has 0 atom stereocenters. The monoisotopic (exact) mass is 342 g/mol. The van der Waals surface area contributed by atoms with Crippen LogP contribution in [0.5, 0.6) is 0 Å². The minimum absolute atomic E-state index is 0.0536. The highest BCUT2D eigenvalue weighted by molar-refractivity contribution is 9.10. The molecule has 110 valence electrons. The molecular weight excluding hydrogens is 324 g/mol. The molecule has 0 saturated carbocycles. The summed E-state index contributed by atoms with van der Waals surface area (Å²) in [5.41, 5.74) is 12.2. The molecule has 0 unspecified atom stereocenters. The zero-order valence-corrected chi connectivity index (χ0v) is 12.9. The van der Waals surface area contributed by atoms with Crippen molar-refractivity contribution >= 4 is 33.4 Å². The van der Waals surface area contributed by atoms with E-state index in [4.69, 9.17) is 11.5 Å². The van der Waals surface area contributed by atoms with Gasteiger partial charge in [0.15, 0.2) is 0 Å². The fraction of sp³-hybridized carbons (Fsp3) is 0.385. The van der Waals surface area contributed by atoms with Gasteiger partial charge in [0.1, 0.15) is 0 Å². The lowest BCUT2D eigenvalue weighted by Gasteiger charge is -2.22. The van der Waals surface area contributed by atoms with Crippen molar-refractivity contribution in [3.8, 4) is 0 Å². The van der Waals surface area contributed by atoms with E-state index < -0.39 is 11.8 Å². The number of primary amides is 2. The van der Waals surface area contributed by atoms with Crippen molar-refractivity contribution in [2.24, 2.45) is 11.5 Å². The van der Waals surface area contributed by atoms with Gasteiger partial charge in [0, 0.05) is 16.7 Å². The van der Waals surface area contributed by atoms with E-state index in [2.05, 4.69) is 21.2 Å². The summed E-state index contributed by atoms with van der Waals surface area (Å²) in [6.07, 6.45) is 0. The largest absolute Gasteiger partial charge is 0.368 e. The van der Waals surface area contributed by atoms with Gasteiger partial charge in [0.05, 0.1) is 13.1 Å². The summed E-state index contributed by atoms with van der Waals surface area (Å²) in [5.74, 6) is -1.03. The third kappa shape index (κ3) is 5.18. The Hall–Kier alpha value is -1.60. The molecule has 1 aromatic rings. The van der Waals surface area contributed by atoms with Gasteiger partial charge in [-0.05, 0) is 24.2 Å². The van der Waals surface area contributed by atoms with Crippen LogP contribution in [0.15, 0.2) is 22.7 Å². The zero-order chi connectivity index (χ0) is 15.1. The first-order valence-corrected chi connectivity index (χ1v) is 7.04. The molecule has 0 aliphatic rings. The van der Waals surface area contributed by atoms with E-state index >= 15 is 0 Å². The van der Waals surface area contributed by atoms with E-state index in [1.165, 1.54) is 0 Å². The molecule has 5 N–H and O–H groups in total. The average Bonchev–Trinajstić information content (AvgIpc) is 2.35. The average molecular weight is 343 g/mol. The quantitative estimate of drug-likeness (QED) is 0.633. The fourth-order valence-electron chi connectivity index (χ4n) is 1.75. The maximum atomic E-state index is 11.1. The molecule has 2 amide bonds. The Labute approximate surface area is 126 Å². The molecule has 0 heterocycles. The minimum atomic E-state index is -0.515. The normalized spacial score (nSPS) is 10.3. The van der Waals surface area contributed by atoms with Crippen LogP contribution in [-0.4, -0.2) is 31.4 Å². The molecule has 0 saturated heterocycles. The second-order valence-electron chi connectivity index (χ2n) is 4.34. The van der Waals surface area contributed by atoms with Gasteiger partial charge in [-0.3, -0.25) is 9.59 Å². The Kier molecular flexibility index (Phi) is 6.47. The lowest BCUT2D eigenvalue weighted by Crippen LogP contribution is -2.39. The predicted octanol–water partition coefficient (Wildman–Crippen LogP) is 0.336. The first-order valence-electron chi connectivity index (χ1n) is 6.24. The number of amides is 2. The van der Waals surface area contributed by atoms with Crippen LogP contribution >= 0.6 is 15.9 Å². The third-order valence-corrected chi connectivity index (χ3v) is 3.40. The maximum absolute atomic E-state index is 11.1. The van der Waals surface area contributed by atoms with Crippen LogP contribution in [0.2, 0.25) is 0 Å². The topological polar surface area (TPSA) is 101 Å². The molecular formula is C13H19BrN4O2. The van der Waals surface area contributed by atoms with Gasteiger partial charge in [-0.25, -0.2) is 0 Å². The standard InChI is InChI=1S/C13H19BrN4O2/c1-2-17-6-9-3-4-10(5-11(9)14)18(7-12(15)19)8-13(16)20/h3-5,17H,2,6-8H2,1H3,(H2,15,19)(H2,16,20). The molecule has 0 bridgehead atoms. The third-order valence-electron chi connectivity index (χ3n) is 2.66. The van der Waals surface area contributed by atoms with Crippen LogP contribution in [0.25, 0.3) is 0 Å². The predicted molar refractivity (Wildman–Crippen MR) is 82.1 cm³/mol. The molecule has 1 rings (SSSR count). The lowest BCUT2D eigenvalue weighted by molar-refractivity contribution is -0.117. The highest BCUT2D eigenvalue weighted by Crippen LogP contribution is 2.24. The Morgan fingerprint density at radius 3 is 2.30 bits per heavy atom. The van der Waals surface area contributed by atoms with Gasteiger partial charge in [-0.2, -0.15) is 0 Å². The maximum Gasteiger partial charge on any atom is 0.236 e. The van der Waals surface area contributed by atoms with E-state index in [0.29, 0.717) is 0 Å². The summed E-state index contributed by atoms with van der Waals surface area (Å²) in [5, 5.41) is 3.23. The van der Waals surface area contributed by atoms with E-state index in [9.17, 15) is 9.59 Å². The van der Waals surface area contributed by atoms with Gasteiger partial charge >= 0.3 is 0 Å². The number of benzene rings is 1. The van der Waals surface area contributed by atoms with Crippen molar-refractivity contribution in [2.75, 3.05) is 24.5 Å². The fourth-order valence-corrected chi connectivity index (χ4v) is 2.26. The Morgan fingerprint density at radius 1 is 1.25 bits per heavy atom. The number of hydrogen-bond acceptors (Lipinski definition) is 4. The summed E-state index contributed by atoms with van der Waals surface area (Å²) in [6.45, 7) is 3.54. The molecule has 0 aromatic heterocycles. The molecule has 0 fully saturated rings. The highest BCUT2D eigenvalue weighted by Gasteiger charge is 2.13. The smallest absolute Gasteiger partial charge is 0.236 e. The molecule has 6 nitrogen and oxygen atoms in total. The molecule has 0 aliphatic heterocycles. The van der Waals surface area contributed by atoms with E-state index in [0.717, 1.165) is 28.8 Å². The van der Waals surface area contributed by atoms with Crippen molar-refractivity contribution in [3.63, 3.8) is 0 Å². The van der Waals surface area contributed by atoms with Crippen molar-refractivity contribution in [1.29, 1.82) is 0 Å². The number of nitrogens with two attached hydrogens (primary N) is 2. The molecule has 0 aliphatic carbocycles. The van der Waals surface area contributed by atoms with Crippen molar-refractivity contribution in [3.05, 3.63) is 28.2 Å². The highest BCUT2D eigenvalue weighted by atomic mass is 79.9. The van der Waals surface area contributed by atoms with Crippen LogP contribution in [-0.2, 0) is 16.1 Å². The number of hydrogen-bond donors (Lipinski definition) is 3. The number of halogens is 1. The number of nitrogens with zero attached hydrogens (tertiary/aromatic N) is 1. The van der Waals surface area contributed by atoms with Crippen molar-refractivity contribution in [2.45, 2.75) is 13.5 Å². The summed E-state index contributed by atoms with van der Waals surface area (Å²) in [4.78, 5) is 23.7. The SMILES string of the molecule is CCNCc1ccc(N(CC(N)=O)CC(N)=O)cc1Br. The molecule has 0 spiro atoms. The van der Waals surface area contributed by atoms with Crippen LogP contribution in [0.1, 0.15) is 12.5 Å². The Bertz CT molecular complexity index is 477. The number of carbonyl (C=O) groups excluding carboxylic acids is 2. The van der Waals surface area contributed by atoms with Crippen molar-refractivity contribution < 1.29 is 9.59 Å². The number of carbonyl (C=O) groups is 2. The molecule has 1 aromatic carbocycles. The lowest BCUT2D eigenvalue weighted by atomic mass is 10.2. The molecule has 0 radical (unpaired) electrons. The zero-order valence-electron chi connectivity index (χ0n) is 11.4. The molecule has 7 heteroatoms. The second-order valence-corrected chi connectivity index (χ2v) is 5.20. The number of anilines is 1. The summed E-state index contributed by atoms with van der Waals surface area (Å²) in [6, 6.07) is 5.61. The van der Waals surface area contributed by atoms with Crippen LogP contribution in [0.3, 0.4) is 0 Å². The van der Waals surface area contributed by atoms with Gasteiger partial charge in [0.2, 0.25) is 11.8 Å². The second kappa shape index (κ2) is 7.86. The van der Waals surface area contributed by atoms with Crippen LogP contribution < -0.4 is 21.7 Å². The van der Waals surface area contributed by atoms with Crippen LogP contribution in [0.4, 0.5) is 5.69 Å².